The maximum absolute atomic E-state index is 12.2. The molecule has 2 aromatic carbocycles. The molecule has 2 aromatic rings. The van der Waals surface area contributed by atoms with E-state index < -0.39 is 29.9 Å². The van der Waals surface area contributed by atoms with Gasteiger partial charge in [-0.25, -0.2) is 9.59 Å². The van der Waals surface area contributed by atoms with Gasteiger partial charge >= 0.3 is 11.9 Å². The summed E-state index contributed by atoms with van der Waals surface area (Å²) in [5, 5.41) is 39.1. The number of aliphatic hydroxyl groups is 1. The van der Waals surface area contributed by atoms with Gasteiger partial charge in [0.15, 0.2) is 29.1 Å². The molecule has 0 heterocycles. The third-order valence-electron chi connectivity index (χ3n) is 3.73. The molecule has 2 unspecified atom stereocenters. The Morgan fingerprint density at radius 1 is 1.00 bits per heavy atom. The predicted molar refractivity (Wildman–Crippen MR) is 90.7 cm³/mol. The number of aliphatic hydroxyl groups excluding tert-OH is 1. The van der Waals surface area contributed by atoms with Gasteiger partial charge in [0, 0.05) is 11.1 Å². The monoisotopic (exact) mass is 378 g/mol. The van der Waals surface area contributed by atoms with Crippen molar-refractivity contribution in [3.8, 4) is 23.0 Å². The SMILES string of the molecule is COc1cc(C(OC(=O)C(O)c2cccc(OC)c2O)C(=O)O)ccc1O. The lowest BCUT2D eigenvalue weighted by Gasteiger charge is -2.18. The number of phenols is 2. The van der Waals surface area contributed by atoms with Crippen LogP contribution in [0.4, 0.5) is 0 Å². The van der Waals surface area contributed by atoms with E-state index in [2.05, 4.69) is 0 Å². The van der Waals surface area contributed by atoms with Crippen LogP contribution in [0, 0.1) is 0 Å². The fourth-order valence-corrected chi connectivity index (χ4v) is 2.35. The summed E-state index contributed by atoms with van der Waals surface area (Å²) in [6, 6.07) is 7.73. The molecule has 0 aliphatic rings. The van der Waals surface area contributed by atoms with E-state index in [1.165, 1.54) is 50.6 Å². The third kappa shape index (κ3) is 4.21. The summed E-state index contributed by atoms with van der Waals surface area (Å²) in [6.07, 6.45) is -3.71. The number of methoxy groups -OCH3 is 2. The van der Waals surface area contributed by atoms with E-state index in [-0.39, 0.29) is 28.4 Å². The third-order valence-corrected chi connectivity index (χ3v) is 3.73. The van der Waals surface area contributed by atoms with Crippen molar-refractivity contribution >= 4 is 11.9 Å². The molecule has 0 fully saturated rings. The number of esters is 1. The molecular weight excluding hydrogens is 360 g/mol. The summed E-state index contributed by atoms with van der Waals surface area (Å²) in [6.45, 7) is 0. The first-order chi connectivity index (χ1) is 12.8. The number of aliphatic carboxylic acids is 1. The normalized spacial score (nSPS) is 12.7. The van der Waals surface area contributed by atoms with Crippen LogP contribution in [0.2, 0.25) is 0 Å². The summed E-state index contributed by atoms with van der Waals surface area (Å²) in [7, 11) is 2.57. The van der Waals surface area contributed by atoms with Crippen LogP contribution in [0.1, 0.15) is 23.3 Å². The van der Waals surface area contributed by atoms with Crippen molar-refractivity contribution in [2.24, 2.45) is 0 Å². The largest absolute Gasteiger partial charge is 0.504 e. The topological polar surface area (TPSA) is 143 Å². The number of rotatable bonds is 7. The standard InChI is InChI=1S/C18H18O9/c1-25-12-5-3-4-10(14(12)20)15(21)18(24)27-16(17(22)23)9-6-7-11(19)13(8-9)26-2/h3-8,15-16,19-21H,1-2H3,(H,22,23). The van der Waals surface area contributed by atoms with Gasteiger partial charge in [-0.1, -0.05) is 18.2 Å². The number of carboxylic acids is 1. The fraction of sp³-hybridized carbons (Fsp3) is 0.222. The van der Waals surface area contributed by atoms with Crippen molar-refractivity contribution < 1.29 is 44.2 Å². The number of para-hydroxylation sites is 1. The van der Waals surface area contributed by atoms with Crippen molar-refractivity contribution in [3.05, 3.63) is 47.5 Å². The number of hydrogen-bond donors (Lipinski definition) is 4. The highest BCUT2D eigenvalue weighted by atomic mass is 16.6. The van der Waals surface area contributed by atoms with Crippen LogP contribution >= 0.6 is 0 Å². The molecule has 4 N–H and O–H groups in total. The zero-order valence-electron chi connectivity index (χ0n) is 14.4. The van der Waals surface area contributed by atoms with Gasteiger partial charge in [-0.3, -0.25) is 0 Å². The van der Waals surface area contributed by atoms with Crippen LogP contribution in [0.5, 0.6) is 23.0 Å². The van der Waals surface area contributed by atoms with Crippen LogP contribution in [0.15, 0.2) is 36.4 Å². The second kappa shape index (κ2) is 8.28. The van der Waals surface area contributed by atoms with E-state index in [1.54, 1.807) is 0 Å². The number of carbonyl (C=O) groups is 2. The van der Waals surface area contributed by atoms with Gasteiger partial charge in [0.1, 0.15) is 0 Å². The Morgan fingerprint density at radius 3 is 2.26 bits per heavy atom. The zero-order chi connectivity index (χ0) is 20.1. The molecule has 0 aromatic heterocycles. The average molecular weight is 378 g/mol. The van der Waals surface area contributed by atoms with Crippen molar-refractivity contribution in [2.75, 3.05) is 14.2 Å². The van der Waals surface area contributed by atoms with Gasteiger partial charge in [-0.05, 0) is 18.2 Å². The molecular formula is C18H18O9. The van der Waals surface area contributed by atoms with Crippen LogP contribution < -0.4 is 9.47 Å². The molecule has 0 radical (unpaired) electrons. The van der Waals surface area contributed by atoms with Gasteiger partial charge in [0.25, 0.3) is 0 Å². The van der Waals surface area contributed by atoms with E-state index in [0.717, 1.165) is 0 Å². The Balaban J connectivity index is 2.29. The molecule has 0 amide bonds. The summed E-state index contributed by atoms with van der Waals surface area (Å²) >= 11 is 0. The van der Waals surface area contributed by atoms with Gasteiger partial charge in [-0.15, -0.1) is 0 Å². The van der Waals surface area contributed by atoms with Crippen molar-refractivity contribution in [1.82, 2.24) is 0 Å². The first-order valence-electron chi connectivity index (χ1n) is 7.64. The lowest BCUT2D eigenvalue weighted by Crippen LogP contribution is -2.23. The molecule has 9 heteroatoms. The lowest BCUT2D eigenvalue weighted by molar-refractivity contribution is -0.171. The number of carboxylic acid groups (broad SMARTS) is 1. The van der Waals surface area contributed by atoms with E-state index >= 15 is 0 Å². The second-order valence-corrected chi connectivity index (χ2v) is 5.39. The maximum atomic E-state index is 12.2. The summed E-state index contributed by atoms with van der Waals surface area (Å²) < 4.78 is 14.7. The molecule has 0 aliphatic carbocycles. The Bertz CT molecular complexity index is 847. The highest BCUT2D eigenvalue weighted by Gasteiger charge is 2.31. The minimum Gasteiger partial charge on any atom is -0.504 e. The van der Waals surface area contributed by atoms with E-state index in [9.17, 15) is 30.0 Å². The molecule has 0 saturated carbocycles. The molecule has 0 aliphatic heterocycles. The predicted octanol–water partition coefficient (Wildman–Crippen LogP) is 1.52. The zero-order valence-corrected chi connectivity index (χ0v) is 14.4. The highest BCUT2D eigenvalue weighted by Crippen LogP contribution is 2.35. The van der Waals surface area contributed by atoms with Gasteiger partial charge in [0.05, 0.1) is 14.2 Å². The smallest absolute Gasteiger partial charge is 0.349 e. The molecule has 0 bridgehead atoms. The minimum atomic E-state index is -1.94. The molecule has 144 valence electrons. The number of aromatic hydroxyl groups is 2. The average Bonchev–Trinajstić information content (AvgIpc) is 2.66. The summed E-state index contributed by atoms with van der Waals surface area (Å²) in [5.41, 5.74) is -0.195. The Hall–Kier alpha value is -3.46. The quantitative estimate of drug-likeness (QED) is 0.527. The molecule has 9 nitrogen and oxygen atoms in total. The van der Waals surface area contributed by atoms with Crippen molar-refractivity contribution in [3.63, 3.8) is 0 Å². The number of hydrogen-bond acceptors (Lipinski definition) is 8. The first-order valence-corrected chi connectivity index (χ1v) is 7.64. The van der Waals surface area contributed by atoms with Crippen LogP contribution in [-0.4, -0.2) is 46.6 Å². The first kappa shape index (κ1) is 19.9. The molecule has 2 rings (SSSR count). The highest BCUT2D eigenvalue weighted by molar-refractivity contribution is 5.83. The molecule has 0 saturated heterocycles. The Morgan fingerprint density at radius 2 is 1.67 bits per heavy atom. The number of phenolic OH excluding ortho intramolecular Hbond substituents is 2. The molecule has 0 spiro atoms. The van der Waals surface area contributed by atoms with E-state index in [4.69, 9.17) is 14.2 Å². The van der Waals surface area contributed by atoms with Crippen molar-refractivity contribution in [1.29, 1.82) is 0 Å². The Labute approximate surface area is 154 Å². The van der Waals surface area contributed by atoms with Gasteiger partial charge < -0.3 is 34.6 Å². The lowest BCUT2D eigenvalue weighted by atomic mass is 10.1. The summed E-state index contributed by atoms with van der Waals surface area (Å²) in [4.78, 5) is 23.8. The van der Waals surface area contributed by atoms with Gasteiger partial charge in [-0.2, -0.15) is 0 Å². The van der Waals surface area contributed by atoms with Gasteiger partial charge in [0.2, 0.25) is 6.10 Å². The van der Waals surface area contributed by atoms with Crippen LogP contribution in [0.25, 0.3) is 0 Å². The number of ether oxygens (including phenoxy) is 3. The minimum absolute atomic E-state index is 0.00700. The van der Waals surface area contributed by atoms with E-state index in [0.29, 0.717) is 0 Å². The number of benzene rings is 2. The van der Waals surface area contributed by atoms with Crippen molar-refractivity contribution in [2.45, 2.75) is 12.2 Å². The number of carbonyl (C=O) groups excluding carboxylic acids is 1. The van der Waals surface area contributed by atoms with E-state index in [1.807, 2.05) is 0 Å². The summed E-state index contributed by atoms with van der Waals surface area (Å²) in [5.74, 6) is -3.48. The molecule has 2 atom stereocenters. The molecule has 27 heavy (non-hydrogen) atoms. The maximum Gasteiger partial charge on any atom is 0.349 e. The van der Waals surface area contributed by atoms with Crippen LogP contribution in [0.3, 0.4) is 0 Å². The fourth-order valence-electron chi connectivity index (χ4n) is 2.35. The Kier molecular flexibility index (Phi) is 6.09. The second-order valence-electron chi connectivity index (χ2n) is 5.39. The van der Waals surface area contributed by atoms with Crippen LogP contribution in [-0.2, 0) is 14.3 Å².